The standard InChI is InChI=1S/C36H34N8O8S/c1-23-17-26(31(52-15-16-53(49,50)51)21-30(23)43-42-29-10-6-7-25(19-29)35(47)48)20-33-37-32(38-36(39-33)44(2)22-34(45)46)18-24-11-13-28(14-12-24)41-40-27-8-4-3-5-9-27/h3-14,17,19,21H,15-16,18,20,22H2,1-2H3,(H,45,46)(H,47,48)(H,49,50,51). The molecule has 272 valence electrons. The quantitative estimate of drug-likeness (QED) is 0.0711. The molecule has 5 aromatic rings. The number of rotatable bonds is 16. The van der Waals surface area contributed by atoms with Crippen LogP contribution in [0.25, 0.3) is 0 Å². The van der Waals surface area contributed by atoms with E-state index < -0.39 is 27.8 Å². The summed E-state index contributed by atoms with van der Waals surface area (Å²) < 4.78 is 38.0. The fourth-order valence-corrected chi connectivity index (χ4v) is 5.18. The van der Waals surface area contributed by atoms with Crippen LogP contribution in [-0.2, 0) is 27.8 Å². The molecule has 0 fully saturated rings. The van der Waals surface area contributed by atoms with Crippen LogP contribution in [0.15, 0.2) is 111 Å². The SMILES string of the molecule is Cc1cc(Cc2nc(Cc3ccc(N=Nc4ccccc4)cc3)nc(N(C)CC(=O)O)n2)c(OCCS(=O)(=O)O)cc1N=Nc1cccc(C(=O)O)c1. The van der Waals surface area contributed by atoms with Gasteiger partial charge in [-0.1, -0.05) is 36.4 Å². The molecule has 0 atom stereocenters. The zero-order chi connectivity index (χ0) is 38.0. The molecule has 0 saturated carbocycles. The Hall–Kier alpha value is -6.46. The molecule has 0 spiro atoms. The number of aromatic nitrogens is 3. The number of ether oxygens (including phenoxy) is 1. The van der Waals surface area contributed by atoms with Gasteiger partial charge in [0.05, 0.1) is 28.3 Å². The number of aliphatic carboxylic acids is 1. The Morgan fingerprint density at radius 3 is 2.08 bits per heavy atom. The van der Waals surface area contributed by atoms with Gasteiger partial charge in [0.2, 0.25) is 5.95 Å². The number of azo groups is 2. The third kappa shape index (κ3) is 11.5. The maximum atomic E-state index is 11.5. The number of aryl methyl sites for hydroxylation is 1. The monoisotopic (exact) mass is 738 g/mol. The van der Waals surface area contributed by atoms with Crippen LogP contribution in [-0.4, -0.2) is 76.0 Å². The zero-order valence-electron chi connectivity index (χ0n) is 28.6. The molecule has 1 aromatic heterocycles. The Bertz CT molecular complexity index is 2270. The molecular formula is C36H34N8O8S. The van der Waals surface area contributed by atoms with E-state index in [0.717, 1.165) is 11.3 Å². The average Bonchev–Trinajstić information content (AvgIpc) is 3.11. The minimum absolute atomic E-state index is 0.0372. The lowest BCUT2D eigenvalue weighted by molar-refractivity contribution is -0.135. The minimum atomic E-state index is -4.33. The lowest BCUT2D eigenvalue weighted by atomic mass is 10.1. The molecular weight excluding hydrogens is 705 g/mol. The maximum absolute atomic E-state index is 11.5. The molecule has 3 N–H and O–H groups in total. The third-order valence-electron chi connectivity index (χ3n) is 7.46. The van der Waals surface area contributed by atoms with E-state index in [1.165, 1.54) is 29.2 Å². The van der Waals surface area contributed by atoms with Gasteiger partial charge in [-0.05, 0) is 66.6 Å². The highest BCUT2D eigenvalue weighted by atomic mass is 32.2. The lowest BCUT2D eigenvalue weighted by Gasteiger charge is -2.17. The Morgan fingerprint density at radius 1 is 0.774 bits per heavy atom. The fourth-order valence-electron chi connectivity index (χ4n) is 4.89. The summed E-state index contributed by atoms with van der Waals surface area (Å²) in [5, 5.41) is 35.7. The van der Waals surface area contributed by atoms with Crippen molar-refractivity contribution in [1.82, 2.24) is 15.0 Å². The summed E-state index contributed by atoms with van der Waals surface area (Å²) in [6, 6.07) is 25.8. The zero-order valence-corrected chi connectivity index (χ0v) is 29.4. The van der Waals surface area contributed by atoms with Crippen molar-refractivity contribution >= 4 is 50.8 Å². The van der Waals surface area contributed by atoms with E-state index in [2.05, 4.69) is 35.4 Å². The van der Waals surface area contributed by atoms with Gasteiger partial charge in [0.25, 0.3) is 10.1 Å². The molecule has 0 bridgehead atoms. The third-order valence-corrected chi connectivity index (χ3v) is 8.14. The summed E-state index contributed by atoms with van der Waals surface area (Å²) in [6.07, 6.45) is 0.334. The number of anilines is 1. The fraction of sp³-hybridized carbons (Fsp3) is 0.194. The van der Waals surface area contributed by atoms with Crippen LogP contribution in [0.2, 0.25) is 0 Å². The molecule has 0 aliphatic carbocycles. The molecule has 4 aromatic carbocycles. The molecule has 53 heavy (non-hydrogen) atoms. The molecule has 0 aliphatic rings. The summed E-state index contributed by atoms with van der Waals surface area (Å²) in [4.78, 5) is 38.0. The molecule has 0 amide bonds. The van der Waals surface area contributed by atoms with E-state index in [1.54, 1.807) is 26.1 Å². The summed E-state index contributed by atoms with van der Waals surface area (Å²) in [5.41, 5.74) is 4.06. The number of hydrogen-bond donors (Lipinski definition) is 3. The molecule has 17 heteroatoms. The molecule has 0 saturated heterocycles. The highest BCUT2D eigenvalue weighted by molar-refractivity contribution is 7.85. The van der Waals surface area contributed by atoms with Crippen LogP contribution in [0.3, 0.4) is 0 Å². The Balaban J connectivity index is 1.45. The number of nitrogens with zero attached hydrogens (tertiary/aromatic N) is 8. The summed E-state index contributed by atoms with van der Waals surface area (Å²) in [6.45, 7) is 1.01. The molecule has 0 unspecified atom stereocenters. The Morgan fingerprint density at radius 2 is 1.42 bits per heavy atom. The second-order valence-corrected chi connectivity index (χ2v) is 13.3. The van der Waals surface area contributed by atoms with E-state index >= 15 is 0 Å². The van der Waals surface area contributed by atoms with Gasteiger partial charge in [-0.2, -0.15) is 38.8 Å². The van der Waals surface area contributed by atoms with Crippen LogP contribution < -0.4 is 9.64 Å². The van der Waals surface area contributed by atoms with Crippen LogP contribution in [0.4, 0.5) is 28.7 Å². The molecule has 0 radical (unpaired) electrons. The Labute approximate surface area is 304 Å². The van der Waals surface area contributed by atoms with Crippen molar-refractivity contribution in [3.63, 3.8) is 0 Å². The van der Waals surface area contributed by atoms with Crippen molar-refractivity contribution < 1.29 is 37.5 Å². The van der Waals surface area contributed by atoms with Gasteiger partial charge in [-0.15, -0.1) is 0 Å². The molecule has 1 heterocycles. The number of carboxylic acids is 2. The van der Waals surface area contributed by atoms with Crippen LogP contribution in [0, 0.1) is 6.92 Å². The predicted molar refractivity (Wildman–Crippen MR) is 194 cm³/mol. The van der Waals surface area contributed by atoms with Crippen molar-refractivity contribution in [3.05, 3.63) is 125 Å². The van der Waals surface area contributed by atoms with E-state index in [1.807, 2.05) is 54.6 Å². The maximum Gasteiger partial charge on any atom is 0.335 e. The van der Waals surface area contributed by atoms with Gasteiger partial charge in [0.1, 0.15) is 36.3 Å². The number of hydrogen-bond acceptors (Lipinski definition) is 13. The predicted octanol–water partition coefficient (Wildman–Crippen LogP) is 6.68. The highest BCUT2D eigenvalue weighted by Gasteiger charge is 2.18. The topological polar surface area (TPSA) is 230 Å². The number of likely N-dealkylation sites (N-methyl/N-ethyl adjacent to an activating group) is 1. The number of benzene rings is 4. The lowest BCUT2D eigenvalue weighted by Crippen LogP contribution is -2.28. The summed E-state index contributed by atoms with van der Waals surface area (Å²) >= 11 is 0. The first-order valence-corrected chi connectivity index (χ1v) is 17.6. The van der Waals surface area contributed by atoms with Crippen molar-refractivity contribution in [3.8, 4) is 5.75 Å². The minimum Gasteiger partial charge on any atom is -0.492 e. The van der Waals surface area contributed by atoms with Gasteiger partial charge in [0, 0.05) is 31.5 Å². The van der Waals surface area contributed by atoms with Crippen LogP contribution in [0.1, 0.15) is 38.7 Å². The largest absolute Gasteiger partial charge is 0.492 e. The number of carbonyl (C=O) groups is 2. The van der Waals surface area contributed by atoms with Crippen molar-refractivity contribution in [2.75, 3.05) is 30.9 Å². The van der Waals surface area contributed by atoms with Crippen molar-refractivity contribution in [1.29, 1.82) is 0 Å². The normalized spacial score (nSPS) is 11.6. The van der Waals surface area contributed by atoms with Gasteiger partial charge < -0.3 is 19.8 Å². The van der Waals surface area contributed by atoms with E-state index in [4.69, 9.17) is 4.74 Å². The van der Waals surface area contributed by atoms with Gasteiger partial charge >= 0.3 is 11.9 Å². The first kappa shape index (κ1) is 37.8. The smallest absolute Gasteiger partial charge is 0.335 e. The highest BCUT2D eigenvalue weighted by Crippen LogP contribution is 2.32. The first-order chi connectivity index (χ1) is 25.3. The van der Waals surface area contributed by atoms with Crippen molar-refractivity contribution in [2.45, 2.75) is 19.8 Å². The number of carboxylic acid groups (broad SMARTS) is 2. The van der Waals surface area contributed by atoms with Gasteiger partial charge in [0.15, 0.2) is 0 Å². The molecule has 0 aliphatic heterocycles. The first-order valence-electron chi connectivity index (χ1n) is 16.0. The van der Waals surface area contributed by atoms with Gasteiger partial charge in [-0.25, -0.2) is 9.78 Å². The molecule has 5 rings (SSSR count). The Kier molecular flexibility index (Phi) is 12.2. The average molecular weight is 739 g/mol. The second kappa shape index (κ2) is 17.2. The summed E-state index contributed by atoms with van der Waals surface area (Å²) in [5.74, 6) is -1.91. The summed E-state index contributed by atoms with van der Waals surface area (Å²) in [7, 11) is -2.79. The second-order valence-electron chi connectivity index (χ2n) is 11.7. The molecule has 16 nitrogen and oxygen atoms in total. The van der Waals surface area contributed by atoms with E-state index in [-0.39, 0.29) is 49.1 Å². The van der Waals surface area contributed by atoms with Crippen molar-refractivity contribution in [2.24, 2.45) is 20.5 Å². The van der Waals surface area contributed by atoms with E-state index in [0.29, 0.717) is 34.0 Å². The van der Waals surface area contributed by atoms with Crippen LogP contribution in [0.5, 0.6) is 5.75 Å². The number of aromatic carboxylic acids is 1. The van der Waals surface area contributed by atoms with Crippen LogP contribution >= 0.6 is 0 Å². The van der Waals surface area contributed by atoms with Gasteiger partial charge in [-0.3, -0.25) is 9.35 Å². The van der Waals surface area contributed by atoms with E-state index in [9.17, 15) is 32.8 Å².